The third-order valence-electron chi connectivity index (χ3n) is 4.66. The first kappa shape index (κ1) is 23.4. The average molecular weight is 496 g/mol. The summed E-state index contributed by atoms with van der Waals surface area (Å²) < 4.78 is 47.4. The molecule has 0 fully saturated rings. The first-order chi connectivity index (χ1) is 16.2. The number of carbonyl (C=O) groups excluding carboxylic acids is 1. The highest BCUT2D eigenvalue weighted by atomic mass is 35.5. The van der Waals surface area contributed by atoms with Gasteiger partial charge in [-0.2, -0.15) is 28.5 Å². The van der Waals surface area contributed by atoms with Gasteiger partial charge in [-0.1, -0.05) is 18.5 Å². The van der Waals surface area contributed by atoms with E-state index in [0.717, 1.165) is 17.1 Å². The van der Waals surface area contributed by atoms with Gasteiger partial charge in [0.1, 0.15) is 5.56 Å². The van der Waals surface area contributed by atoms with Gasteiger partial charge in [0.05, 0.1) is 48.5 Å². The third-order valence-corrected chi connectivity index (χ3v) is 4.85. The van der Waals surface area contributed by atoms with E-state index in [4.69, 9.17) is 16.3 Å². The number of nitrogens with one attached hydrogen (secondary N) is 2. The fourth-order valence-corrected chi connectivity index (χ4v) is 3.50. The maximum Gasteiger partial charge on any atom is 0.420 e. The van der Waals surface area contributed by atoms with E-state index in [-0.39, 0.29) is 22.4 Å². The Hall–Kier alpha value is -3.78. The first-order valence-electron chi connectivity index (χ1n) is 9.72. The van der Waals surface area contributed by atoms with Gasteiger partial charge >= 0.3 is 12.2 Å². The molecule has 4 rings (SSSR count). The number of amides is 2. The fourth-order valence-electron chi connectivity index (χ4n) is 3.33. The van der Waals surface area contributed by atoms with Crippen LogP contribution in [0.1, 0.15) is 24.1 Å². The van der Waals surface area contributed by atoms with Crippen molar-refractivity contribution in [3.05, 3.63) is 53.3 Å². The highest BCUT2D eigenvalue weighted by molar-refractivity contribution is 6.29. The Bertz CT molecular complexity index is 1320. The van der Waals surface area contributed by atoms with Gasteiger partial charge in [0.2, 0.25) is 0 Å². The van der Waals surface area contributed by atoms with E-state index >= 15 is 0 Å². The van der Waals surface area contributed by atoms with E-state index in [1.54, 1.807) is 6.07 Å². The van der Waals surface area contributed by atoms with Crippen LogP contribution in [0.3, 0.4) is 0 Å². The van der Waals surface area contributed by atoms with Crippen molar-refractivity contribution < 1.29 is 22.7 Å². The molecule has 0 saturated heterocycles. The third kappa shape index (κ3) is 4.77. The number of ether oxygens (including phenoxy) is 1. The van der Waals surface area contributed by atoms with Crippen molar-refractivity contribution in [1.29, 1.82) is 0 Å². The van der Waals surface area contributed by atoms with Crippen LogP contribution in [-0.2, 0) is 10.9 Å². The second-order valence-electron chi connectivity index (χ2n) is 7.14. The van der Waals surface area contributed by atoms with Crippen LogP contribution in [-0.4, -0.2) is 54.3 Å². The summed E-state index contributed by atoms with van der Waals surface area (Å²) in [7, 11) is 1.53. The Morgan fingerprint density at radius 2 is 1.91 bits per heavy atom. The molecule has 0 aliphatic heterocycles. The smallest absolute Gasteiger partial charge is 0.384 e. The highest BCUT2D eigenvalue weighted by Crippen LogP contribution is 2.34. The second kappa shape index (κ2) is 9.23. The molecule has 34 heavy (non-hydrogen) atoms. The minimum absolute atomic E-state index is 0.191. The zero-order valence-electron chi connectivity index (χ0n) is 17.7. The maximum atomic E-state index is 13.6. The van der Waals surface area contributed by atoms with Crippen LogP contribution in [0.4, 0.5) is 29.3 Å². The molecule has 15 heteroatoms. The molecule has 0 radical (unpaired) electrons. The lowest BCUT2D eigenvalue weighted by atomic mass is 10.1. The van der Waals surface area contributed by atoms with Crippen LogP contribution in [0, 0.1) is 0 Å². The lowest BCUT2D eigenvalue weighted by Gasteiger charge is -2.18. The van der Waals surface area contributed by atoms with Crippen LogP contribution in [0.25, 0.3) is 11.5 Å². The Morgan fingerprint density at radius 3 is 2.59 bits per heavy atom. The number of alkyl halides is 3. The number of anilines is 2. The zero-order chi connectivity index (χ0) is 24.5. The Labute approximate surface area is 194 Å². The monoisotopic (exact) mass is 495 g/mol. The summed E-state index contributed by atoms with van der Waals surface area (Å²) in [5.41, 5.74) is -0.0388. The summed E-state index contributed by atoms with van der Waals surface area (Å²) in [5.74, 6) is -0.759. The van der Waals surface area contributed by atoms with E-state index < -0.39 is 23.6 Å². The van der Waals surface area contributed by atoms with E-state index in [0.29, 0.717) is 17.9 Å². The molecule has 4 aromatic heterocycles. The van der Waals surface area contributed by atoms with Crippen molar-refractivity contribution in [2.75, 3.05) is 24.4 Å². The van der Waals surface area contributed by atoms with Gasteiger partial charge in [-0.15, -0.1) is 4.80 Å². The quantitative estimate of drug-likeness (QED) is 0.417. The molecule has 0 unspecified atom stereocenters. The lowest BCUT2D eigenvalue weighted by molar-refractivity contribution is -0.137. The van der Waals surface area contributed by atoms with Crippen molar-refractivity contribution in [1.82, 2.24) is 34.6 Å². The minimum Gasteiger partial charge on any atom is -0.384 e. The van der Waals surface area contributed by atoms with Gasteiger partial charge in [-0.25, -0.2) is 19.3 Å². The number of nitrogens with zero attached hydrogens (tertiary/aromatic N) is 7. The Morgan fingerprint density at radius 1 is 1.18 bits per heavy atom. The van der Waals surface area contributed by atoms with E-state index in [9.17, 15) is 18.0 Å². The van der Waals surface area contributed by atoms with Crippen LogP contribution >= 0.6 is 11.6 Å². The molecule has 178 valence electrons. The lowest BCUT2D eigenvalue weighted by Crippen LogP contribution is -2.23. The number of hydrogen-bond donors (Lipinski definition) is 2. The number of fused-ring (bicyclic) bond motifs is 1. The number of hydrogen-bond acceptors (Lipinski definition) is 7. The average Bonchev–Trinajstić information content (AvgIpc) is 3.42. The van der Waals surface area contributed by atoms with E-state index in [2.05, 4.69) is 35.9 Å². The maximum absolute atomic E-state index is 13.6. The van der Waals surface area contributed by atoms with Gasteiger partial charge in [-0.3, -0.25) is 0 Å². The zero-order valence-corrected chi connectivity index (χ0v) is 18.5. The Balaban J connectivity index is 1.63. The number of aromatic nitrogens is 7. The molecular formula is C19H17ClF3N9O2. The number of rotatable bonds is 6. The highest BCUT2D eigenvalue weighted by Gasteiger charge is 2.36. The molecule has 0 aromatic carbocycles. The van der Waals surface area contributed by atoms with Crippen LogP contribution in [0.15, 0.2) is 36.9 Å². The van der Waals surface area contributed by atoms with Crippen molar-refractivity contribution in [2.45, 2.75) is 19.0 Å². The van der Waals surface area contributed by atoms with Gasteiger partial charge in [0.15, 0.2) is 16.6 Å². The van der Waals surface area contributed by atoms with Gasteiger partial charge in [-0.05, 0) is 6.07 Å². The number of pyridine rings is 1. The molecule has 2 amide bonds. The van der Waals surface area contributed by atoms with Crippen molar-refractivity contribution in [3.63, 3.8) is 0 Å². The van der Waals surface area contributed by atoms with Gasteiger partial charge in [0.25, 0.3) is 0 Å². The minimum atomic E-state index is -4.76. The van der Waals surface area contributed by atoms with E-state index in [1.807, 2.05) is 6.92 Å². The first-order valence-corrected chi connectivity index (χ1v) is 10.1. The summed E-state index contributed by atoms with van der Waals surface area (Å²) in [6.45, 7) is 2.15. The number of carbonyl (C=O) groups is 1. The van der Waals surface area contributed by atoms with Crippen LogP contribution in [0.2, 0.25) is 5.15 Å². The molecule has 0 saturated carbocycles. The number of urea groups is 1. The molecule has 0 spiro atoms. The molecule has 4 heterocycles. The molecule has 11 nitrogen and oxygen atoms in total. The Kier molecular flexibility index (Phi) is 6.34. The normalized spacial score (nSPS) is 12.6. The molecular weight excluding hydrogens is 479 g/mol. The summed E-state index contributed by atoms with van der Waals surface area (Å²) in [5, 5.41) is 16.7. The summed E-state index contributed by atoms with van der Waals surface area (Å²) >= 11 is 5.99. The molecule has 0 aliphatic rings. The number of methoxy groups -OCH3 is 1. The van der Waals surface area contributed by atoms with Crippen molar-refractivity contribution >= 4 is 34.7 Å². The van der Waals surface area contributed by atoms with E-state index in [1.165, 1.54) is 30.2 Å². The van der Waals surface area contributed by atoms with Crippen LogP contribution < -0.4 is 10.6 Å². The standard InChI is InChI=1S/C19H17ClF3N9O2/c1-10(9-34-2)16-13(8-24-15-6-14(20)30-31(15)16)29-18(33)28-11-5-12(19(21,22)23)17(25-7-11)32-26-3-4-27-32/h3-8,10H,9H2,1-2H3,(H2,28,29,33)/t10-/m0/s1. The van der Waals surface area contributed by atoms with Gasteiger partial charge in [0, 0.05) is 19.1 Å². The molecule has 1 atom stereocenters. The fraction of sp³-hybridized carbons (Fsp3) is 0.263. The predicted octanol–water partition coefficient (Wildman–Crippen LogP) is 3.77. The van der Waals surface area contributed by atoms with Crippen molar-refractivity contribution in [3.8, 4) is 5.82 Å². The largest absolute Gasteiger partial charge is 0.420 e. The predicted molar refractivity (Wildman–Crippen MR) is 115 cm³/mol. The topological polar surface area (TPSA) is 124 Å². The van der Waals surface area contributed by atoms with Gasteiger partial charge < -0.3 is 15.4 Å². The van der Waals surface area contributed by atoms with Crippen LogP contribution in [0.5, 0.6) is 0 Å². The molecule has 0 aliphatic carbocycles. The SMILES string of the molecule is COC[C@H](C)c1c(NC(=O)Nc2cnc(-n3nccn3)c(C(F)(F)F)c2)cnc2cc(Cl)nn12. The molecule has 2 N–H and O–H groups in total. The summed E-state index contributed by atoms with van der Waals surface area (Å²) in [4.78, 5) is 21.4. The number of halogens is 4. The van der Waals surface area contributed by atoms with Crippen molar-refractivity contribution in [2.24, 2.45) is 0 Å². The summed E-state index contributed by atoms with van der Waals surface area (Å²) in [6, 6.07) is 1.48. The second-order valence-corrected chi connectivity index (χ2v) is 7.53. The molecule has 4 aromatic rings. The molecule has 0 bridgehead atoms. The summed E-state index contributed by atoms with van der Waals surface area (Å²) in [6.07, 6.45) is 0.153.